The minimum Gasteiger partial charge on any atom is -0.497 e. The lowest BCUT2D eigenvalue weighted by molar-refractivity contribution is 0.0765. The van der Waals surface area contributed by atoms with E-state index in [2.05, 4.69) is 69.1 Å². The van der Waals surface area contributed by atoms with Crippen LogP contribution in [0, 0.1) is 0 Å². The SMILES string of the molecule is COc1cc(OCC(CCOC(=O)NC(C)(C)C)O[Si](C)(C)C(C)(C)C)cc(-c2cc(-c3cnc4[nH]ccc4c3)n3ncc(C(C)C)c3n2)c1. The lowest BCUT2D eigenvalue weighted by Crippen LogP contribution is -2.46. The zero-order valence-corrected chi connectivity index (χ0v) is 32.3. The quantitative estimate of drug-likeness (QED) is 0.124. The molecule has 0 spiro atoms. The highest BCUT2D eigenvalue weighted by Crippen LogP contribution is 2.38. The lowest BCUT2D eigenvalue weighted by atomic mass is 10.1. The van der Waals surface area contributed by atoms with E-state index in [1.54, 1.807) is 7.11 Å². The summed E-state index contributed by atoms with van der Waals surface area (Å²) in [4.78, 5) is 25.3. The van der Waals surface area contributed by atoms with E-state index < -0.39 is 14.4 Å². The second-order valence-corrected chi connectivity index (χ2v) is 20.4. The summed E-state index contributed by atoms with van der Waals surface area (Å²) < 4.78 is 26.4. The van der Waals surface area contributed by atoms with Crippen LogP contribution in [0.15, 0.2) is 55.0 Å². The molecule has 1 amide bonds. The van der Waals surface area contributed by atoms with E-state index in [0.717, 1.165) is 44.8 Å². The van der Waals surface area contributed by atoms with Crippen LogP contribution in [-0.2, 0) is 9.16 Å². The molecule has 12 heteroatoms. The first kappa shape index (κ1) is 36.8. The van der Waals surface area contributed by atoms with Gasteiger partial charge in [0.1, 0.15) is 23.8 Å². The Balaban J connectivity index is 1.47. The van der Waals surface area contributed by atoms with Gasteiger partial charge in [-0.05, 0) is 75.2 Å². The Morgan fingerprint density at radius 1 is 1.00 bits per heavy atom. The molecular weight excluding hydrogens is 649 g/mol. The molecule has 5 aromatic rings. The number of nitrogens with zero attached hydrogens (tertiary/aromatic N) is 4. The number of fused-ring (bicyclic) bond motifs is 2. The number of H-pyrrole nitrogens is 1. The van der Waals surface area contributed by atoms with Crippen LogP contribution in [0.25, 0.3) is 39.2 Å². The van der Waals surface area contributed by atoms with E-state index in [1.165, 1.54) is 0 Å². The number of aromatic amines is 1. The Labute approximate surface area is 296 Å². The zero-order chi connectivity index (χ0) is 36.4. The van der Waals surface area contributed by atoms with E-state index in [9.17, 15) is 4.79 Å². The third kappa shape index (κ3) is 8.65. The molecule has 2 N–H and O–H groups in total. The van der Waals surface area contributed by atoms with E-state index >= 15 is 0 Å². The van der Waals surface area contributed by atoms with Gasteiger partial charge in [-0.15, -0.1) is 0 Å². The van der Waals surface area contributed by atoms with E-state index in [4.69, 9.17) is 28.7 Å². The first-order chi connectivity index (χ1) is 23.4. The molecule has 4 aromatic heterocycles. The van der Waals surface area contributed by atoms with Crippen molar-refractivity contribution in [3.63, 3.8) is 0 Å². The van der Waals surface area contributed by atoms with Gasteiger partial charge in [-0.25, -0.2) is 19.3 Å². The maximum atomic E-state index is 12.4. The van der Waals surface area contributed by atoms with E-state index in [-0.39, 0.29) is 35.8 Å². The number of benzene rings is 1. The summed E-state index contributed by atoms with van der Waals surface area (Å²) in [5.41, 5.74) is 5.65. The fourth-order valence-electron chi connectivity index (χ4n) is 5.33. The lowest BCUT2D eigenvalue weighted by Gasteiger charge is -2.39. The number of ether oxygens (including phenoxy) is 3. The van der Waals surface area contributed by atoms with Gasteiger partial charge in [0.05, 0.1) is 37.4 Å². The largest absolute Gasteiger partial charge is 0.497 e. The van der Waals surface area contributed by atoms with Crippen molar-refractivity contribution in [3.8, 4) is 34.0 Å². The number of pyridine rings is 1. The molecule has 5 rings (SSSR count). The van der Waals surface area contributed by atoms with E-state index in [1.807, 2.05) is 74.2 Å². The minimum atomic E-state index is -2.17. The molecule has 50 heavy (non-hydrogen) atoms. The van der Waals surface area contributed by atoms with Gasteiger partial charge in [-0.2, -0.15) is 5.10 Å². The van der Waals surface area contributed by atoms with Crippen LogP contribution in [0.2, 0.25) is 18.1 Å². The number of alkyl carbamates (subject to hydrolysis) is 1. The van der Waals surface area contributed by atoms with Crippen LogP contribution in [0.5, 0.6) is 11.5 Å². The van der Waals surface area contributed by atoms with Crippen LogP contribution in [0.1, 0.15) is 73.3 Å². The van der Waals surface area contributed by atoms with Gasteiger partial charge >= 0.3 is 6.09 Å². The van der Waals surface area contributed by atoms with E-state index in [0.29, 0.717) is 17.9 Å². The average Bonchev–Trinajstić information content (AvgIpc) is 3.68. The van der Waals surface area contributed by atoms with Crippen molar-refractivity contribution in [2.24, 2.45) is 0 Å². The second kappa shape index (κ2) is 14.4. The molecule has 0 bridgehead atoms. The highest BCUT2D eigenvalue weighted by atomic mass is 28.4. The molecule has 1 aromatic carbocycles. The second-order valence-electron chi connectivity index (χ2n) is 15.7. The van der Waals surface area contributed by atoms with Gasteiger partial charge in [0.2, 0.25) is 0 Å². The molecule has 0 aliphatic rings. The maximum Gasteiger partial charge on any atom is 0.407 e. The number of carbonyl (C=O) groups excluding carboxylic acids is 1. The van der Waals surface area contributed by atoms with Gasteiger partial charge in [0.15, 0.2) is 14.0 Å². The number of carbonyl (C=O) groups is 1. The van der Waals surface area contributed by atoms with Crippen molar-refractivity contribution in [1.29, 1.82) is 0 Å². The van der Waals surface area contributed by atoms with Gasteiger partial charge in [-0.1, -0.05) is 34.6 Å². The smallest absolute Gasteiger partial charge is 0.407 e. The normalized spacial score (nSPS) is 13.2. The molecule has 1 atom stereocenters. The van der Waals surface area contributed by atoms with Gasteiger partial charge in [-0.3, -0.25) is 0 Å². The highest BCUT2D eigenvalue weighted by molar-refractivity contribution is 6.74. The molecule has 1 unspecified atom stereocenters. The average molecular weight is 701 g/mol. The number of methoxy groups -OCH3 is 1. The van der Waals surface area contributed by atoms with Crippen molar-refractivity contribution in [1.82, 2.24) is 29.9 Å². The summed E-state index contributed by atoms with van der Waals surface area (Å²) in [6.07, 6.45) is 5.37. The third-order valence-corrected chi connectivity index (χ3v) is 13.6. The Morgan fingerprint density at radius 2 is 1.74 bits per heavy atom. The summed E-state index contributed by atoms with van der Waals surface area (Å²) in [6, 6.07) is 11.9. The Kier molecular flexibility index (Phi) is 10.6. The molecular formula is C38H52N6O5Si. The fourth-order valence-corrected chi connectivity index (χ4v) is 6.70. The predicted molar refractivity (Wildman–Crippen MR) is 201 cm³/mol. The van der Waals surface area contributed by atoms with Crippen LogP contribution in [0.3, 0.4) is 0 Å². The summed E-state index contributed by atoms with van der Waals surface area (Å²) >= 11 is 0. The Bertz CT molecular complexity index is 1950. The summed E-state index contributed by atoms with van der Waals surface area (Å²) in [5.74, 6) is 1.47. The van der Waals surface area contributed by atoms with Crippen molar-refractivity contribution in [3.05, 3.63) is 60.6 Å². The van der Waals surface area contributed by atoms with Crippen LogP contribution >= 0.6 is 0 Å². The predicted octanol–water partition coefficient (Wildman–Crippen LogP) is 8.76. The first-order valence-electron chi connectivity index (χ1n) is 17.2. The van der Waals surface area contributed by atoms with Crippen LogP contribution < -0.4 is 14.8 Å². The molecule has 0 fully saturated rings. The Morgan fingerprint density at radius 3 is 2.42 bits per heavy atom. The summed E-state index contributed by atoms with van der Waals surface area (Å²) in [7, 11) is -0.536. The molecule has 0 saturated heterocycles. The van der Waals surface area contributed by atoms with Crippen molar-refractivity contribution < 1.29 is 23.4 Å². The number of hydrogen-bond acceptors (Lipinski definition) is 8. The molecule has 268 valence electrons. The number of nitrogens with one attached hydrogen (secondary N) is 2. The molecule has 0 radical (unpaired) electrons. The van der Waals surface area contributed by atoms with Crippen LogP contribution in [0.4, 0.5) is 4.79 Å². The number of hydrogen-bond donors (Lipinski definition) is 2. The van der Waals surface area contributed by atoms with Gasteiger partial charge < -0.3 is 28.9 Å². The van der Waals surface area contributed by atoms with Crippen molar-refractivity contribution >= 4 is 31.1 Å². The summed E-state index contributed by atoms with van der Waals surface area (Å²) in [6.45, 7) is 21.5. The maximum absolute atomic E-state index is 12.4. The molecule has 0 aliphatic carbocycles. The van der Waals surface area contributed by atoms with Gasteiger partial charge in [0.25, 0.3) is 0 Å². The molecule has 0 saturated carbocycles. The minimum absolute atomic E-state index is 0.00939. The zero-order valence-electron chi connectivity index (χ0n) is 31.3. The number of rotatable bonds is 12. The topological polar surface area (TPSA) is 125 Å². The first-order valence-corrected chi connectivity index (χ1v) is 20.1. The Hall–Kier alpha value is -4.42. The molecule has 4 heterocycles. The van der Waals surface area contributed by atoms with Gasteiger partial charge in [0, 0.05) is 52.5 Å². The van der Waals surface area contributed by atoms with Crippen LogP contribution in [-0.4, -0.2) is 70.9 Å². The van der Waals surface area contributed by atoms with Crippen molar-refractivity contribution in [2.75, 3.05) is 20.3 Å². The number of amides is 1. The monoisotopic (exact) mass is 700 g/mol. The summed E-state index contributed by atoms with van der Waals surface area (Å²) in [5, 5.41) is 8.59. The third-order valence-electron chi connectivity index (χ3n) is 9.08. The molecule has 11 nitrogen and oxygen atoms in total. The fraction of sp³-hybridized carbons (Fsp3) is 0.474. The van der Waals surface area contributed by atoms with Crippen molar-refractivity contribution in [2.45, 2.75) is 97.5 Å². The molecule has 0 aliphatic heterocycles. The number of aromatic nitrogens is 5. The highest BCUT2D eigenvalue weighted by Gasteiger charge is 2.39. The standard InChI is InChI=1S/C38H52N6O5Si/c1-24(2)31-22-41-44-33(27-16-25-12-14-39-34(25)40-21-27)20-32(42-35(31)44)26-17-29(46-9)19-30(18-26)48-23-28(49-50(10,11)38(6,7)8)13-15-47-36(45)43-37(3,4)5/h12,14,16-22,24,28H,13,15,23H2,1-11H3,(H,39,40)(H,43,45).